The standard InChI is InChI=1S/C29H27BrF3N5O3/c1-35-26(39)17-4-7-20(8-5-17)38-25(19(14-34)12-16-2-3-16)36-24-15-37(11-10-21(24)28(38)41)27(40)18-6-9-23(30)22(13-18)29(31,32)33/h4-9,13-14,16H,2-3,10-12,15,34H2,1H3,(H,35,39)/b19-14-. The zero-order valence-electron chi connectivity index (χ0n) is 22.1. The van der Waals surface area contributed by atoms with Gasteiger partial charge in [-0.1, -0.05) is 15.9 Å². The zero-order valence-corrected chi connectivity index (χ0v) is 23.7. The summed E-state index contributed by atoms with van der Waals surface area (Å²) in [6.07, 6.45) is -0.300. The van der Waals surface area contributed by atoms with Crippen LogP contribution in [-0.2, 0) is 19.1 Å². The third-order valence-corrected chi connectivity index (χ3v) is 8.04. The molecule has 0 spiro atoms. The molecule has 3 N–H and O–H groups in total. The van der Waals surface area contributed by atoms with E-state index in [1.54, 1.807) is 24.3 Å². The average molecular weight is 630 g/mol. The van der Waals surface area contributed by atoms with Crippen LogP contribution in [0.2, 0.25) is 0 Å². The Kier molecular flexibility index (Phi) is 7.78. The van der Waals surface area contributed by atoms with Gasteiger partial charge in [0.25, 0.3) is 17.4 Å². The van der Waals surface area contributed by atoms with Gasteiger partial charge in [-0.3, -0.25) is 19.0 Å². The second kappa shape index (κ2) is 11.2. The second-order valence-corrected chi connectivity index (χ2v) is 11.0. The Hall–Kier alpha value is -3.93. The quantitative estimate of drug-likeness (QED) is 0.412. The van der Waals surface area contributed by atoms with Crippen molar-refractivity contribution in [2.75, 3.05) is 13.6 Å². The first kappa shape index (κ1) is 28.6. The van der Waals surface area contributed by atoms with E-state index in [2.05, 4.69) is 21.2 Å². The number of aromatic nitrogens is 2. The zero-order chi connectivity index (χ0) is 29.5. The summed E-state index contributed by atoms with van der Waals surface area (Å²) in [4.78, 5) is 45.5. The number of benzene rings is 2. The van der Waals surface area contributed by atoms with Gasteiger partial charge in [0.05, 0.1) is 23.5 Å². The van der Waals surface area contributed by atoms with E-state index in [0.29, 0.717) is 46.2 Å². The number of carbonyl (C=O) groups is 2. The summed E-state index contributed by atoms with van der Waals surface area (Å²) in [7, 11) is 1.53. The lowest BCUT2D eigenvalue weighted by atomic mass is 10.0. The first-order valence-corrected chi connectivity index (χ1v) is 13.9. The number of alkyl halides is 3. The lowest BCUT2D eigenvalue weighted by Gasteiger charge is -2.29. The molecule has 3 aromatic rings. The molecule has 0 unspecified atom stereocenters. The van der Waals surface area contributed by atoms with Gasteiger partial charge in [-0.25, -0.2) is 4.98 Å². The second-order valence-electron chi connectivity index (χ2n) is 10.1. The topological polar surface area (TPSA) is 110 Å². The molecule has 0 radical (unpaired) electrons. The number of hydrogen-bond acceptors (Lipinski definition) is 5. The van der Waals surface area contributed by atoms with E-state index in [-0.39, 0.29) is 41.0 Å². The predicted molar refractivity (Wildman–Crippen MR) is 150 cm³/mol. The minimum absolute atomic E-state index is 0.0362. The molecule has 2 aliphatic rings. The first-order chi connectivity index (χ1) is 19.5. The van der Waals surface area contributed by atoms with Crippen molar-refractivity contribution in [2.45, 2.75) is 38.4 Å². The maximum absolute atomic E-state index is 13.9. The Bertz CT molecular complexity index is 1610. The van der Waals surface area contributed by atoms with E-state index in [9.17, 15) is 27.6 Å². The maximum Gasteiger partial charge on any atom is 0.417 e. The van der Waals surface area contributed by atoms with E-state index in [4.69, 9.17) is 10.7 Å². The van der Waals surface area contributed by atoms with Gasteiger partial charge in [-0.2, -0.15) is 13.2 Å². The fourth-order valence-electron chi connectivity index (χ4n) is 4.95. The van der Waals surface area contributed by atoms with Gasteiger partial charge in [0.1, 0.15) is 5.82 Å². The maximum atomic E-state index is 13.9. The van der Waals surface area contributed by atoms with Crippen LogP contribution in [0.15, 0.2) is 57.9 Å². The van der Waals surface area contributed by atoms with Crippen molar-refractivity contribution >= 4 is 33.3 Å². The van der Waals surface area contributed by atoms with Crippen LogP contribution in [0.4, 0.5) is 13.2 Å². The summed E-state index contributed by atoms with van der Waals surface area (Å²) in [5.74, 6) is -0.0753. The fraction of sp³-hybridized carbons (Fsp3) is 0.310. The molecule has 12 heteroatoms. The van der Waals surface area contributed by atoms with Gasteiger partial charge in [-0.05, 0) is 74.1 Å². The number of halogens is 4. The Morgan fingerprint density at radius 3 is 2.44 bits per heavy atom. The van der Waals surface area contributed by atoms with Gasteiger partial charge in [0, 0.05) is 46.5 Å². The first-order valence-electron chi connectivity index (χ1n) is 13.1. The highest BCUT2D eigenvalue weighted by molar-refractivity contribution is 9.10. The number of nitrogens with one attached hydrogen (secondary N) is 1. The van der Waals surface area contributed by atoms with Crippen molar-refractivity contribution in [1.29, 1.82) is 0 Å². The highest BCUT2D eigenvalue weighted by Crippen LogP contribution is 2.38. The molecule has 1 saturated carbocycles. The summed E-state index contributed by atoms with van der Waals surface area (Å²) in [5, 5.41) is 2.56. The summed E-state index contributed by atoms with van der Waals surface area (Å²) in [5.41, 5.74) is 7.07. The molecule has 1 fully saturated rings. The van der Waals surface area contributed by atoms with Gasteiger partial charge >= 0.3 is 6.18 Å². The lowest BCUT2D eigenvalue weighted by molar-refractivity contribution is -0.138. The third kappa shape index (κ3) is 5.79. The molecule has 0 saturated heterocycles. The van der Waals surface area contributed by atoms with Crippen molar-refractivity contribution < 1.29 is 22.8 Å². The van der Waals surface area contributed by atoms with Gasteiger partial charge in [0.2, 0.25) is 0 Å². The SMILES string of the molecule is CNC(=O)c1ccc(-n2c(/C(=C\N)CC3CC3)nc3c(c2=O)CCN(C(=O)c2ccc(Br)c(C(F)(F)F)c2)C3)cc1. The molecule has 1 aliphatic carbocycles. The van der Waals surface area contributed by atoms with E-state index >= 15 is 0 Å². The molecule has 0 bridgehead atoms. The van der Waals surface area contributed by atoms with Crippen molar-refractivity contribution in [3.8, 4) is 5.69 Å². The Balaban J connectivity index is 1.54. The molecule has 2 heterocycles. The highest BCUT2D eigenvalue weighted by atomic mass is 79.9. The summed E-state index contributed by atoms with van der Waals surface area (Å²) in [6, 6.07) is 9.93. The monoisotopic (exact) mass is 629 g/mol. The Morgan fingerprint density at radius 1 is 1.15 bits per heavy atom. The molecule has 2 amide bonds. The molecule has 1 aromatic heterocycles. The highest BCUT2D eigenvalue weighted by Gasteiger charge is 2.35. The van der Waals surface area contributed by atoms with Crippen molar-refractivity contribution in [1.82, 2.24) is 19.8 Å². The van der Waals surface area contributed by atoms with Crippen LogP contribution in [-0.4, -0.2) is 39.9 Å². The Morgan fingerprint density at radius 2 is 1.83 bits per heavy atom. The molecule has 0 atom stereocenters. The fourth-order valence-corrected chi connectivity index (χ4v) is 5.42. The minimum Gasteiger partial charge on any atom is -0.404 e. The summed E-state index contributed by atoms with van der Waals surface area (Å²) >= 11 is 2.90. The number of hydrogen-bond donors (Lipinski definition) is 2. The van der Waals surface area contributed by atoms with E-state index in [1.165, 1.54) is 34.8 Å². The van der Waals surface area contributed by atoms with E-state index in [1.807, 2.05) is 0 Å². The molecule has 2 aromatic carbocycles. The Labute approximate surface area is 242 Å². The van der Waals surface area contributed by atoms with Crippen molar-refractivity contribution in [2.24, 2.45) is 11.7 Å². The number of rotatable bonds is 6. The molecule has 1 aliphatic heterocycles. The molecule has 8 nitrogen and oxygen atoms in total. The van der Waals surface area contributed by atoms with Crippen molar-refractivity contribution in [3.05, 3.63) is 97.3 Å². The van der Waals surface area contributed by atoms with Crippen LogP contribution in [0.3, 0.4) is 0 Å². The number of allylic oxidation sites excluding steroid dienone is 1. The number of nitrogens with two attached hydrogens (primary N) is 1. The molecule has 214 valence electrons. The van der Waals surface area contributed by atoms with Gasteiger partial charge < -0.3 is 16.0 Å². The third-order valence-electron chi connectivity index (χ3n) is 7.35. The van der Waals surface area contributed by atoms with Crippen LogP contribution in [0.1, 0.15) is 62.6 Å². The molecular weight excluding hydrogens is 603 g/mol. The minimum atomic E-state index is -4.63. The van der Waals surface area contributed by atoms with Crippen LogP contribution in [0.25, 0.3) is 11.3 Å². The van der Waals surface area contributed by atoms with Crippen LogP contribution >= 0.6 is 15.9 Å². The molecule has 5 rings (SSSR count). The van der Waals surface area contributed by atoms with Gasteiger partial charge in [-0.15, -0.1) is 0 Å². The normalized spacial score (nSPS) is 15.4. The van der Waals surface area contributed by atoms with Crippen molar-refractivity contribution in [3.63, 3.8) is 0 Å². The lowest BCUT2D eigenvalue weighted by Crippen LogP contribution is -2.41. The predicted octanol–water partition coefficient (Wildman–Crippen LogP) is 4.67. The van der Waals surface area contributed by atoms with Gasteiger partial charge in [0.15, 0.2) is 0 Å². The largest absolute Gasteiger partial charge is 0.417 e. The summed E-state index contributed by atoms with van der Waals surface area (Å²) < 4.78 is 41.7. The number of fused-ring (bicyclic) bond motifs is 1. The molecular formula is C29H27BrF3N5O3. The van der Waals surface area contributed by atoms with Crippen LogP contribution in [0, 0.1) is 5.92 Å². The smallest absolute Gasteiger partial charge is 0.404 e. The average Bonchev–Trinajstić information content (AvgIpc) is 3.79. The van der Waals surface area contributed by atoms with E-state index in [0.717, 1.165) is 18.9 Å². The molecule has 41 heavy (non-hydrogen) atoms. The number of carbonyl (C=O) groups excluding carboxylic acids is 2. The number of amides is 2. The van der Waals surface area contributed by atoms with Crippen LogP contribution in [0.5, 0.6) is 0 Å². The van der Waals surface area contributed by atoms with E-state index < -0.39 is 17.6 Å². The summed E-state index contributed by atoms with van der Waals surface area (Å²) in [6.45, 7) is 0.0995. The number of nitrogens with zero attached hydrogens (tertiary/aromatic N) is 3. The van der Waals surface area contributed by atoms with Crippen LogP contribution < -0.4 is 16.6 Å².